The van der Waals surface area contributed by atoms with E-state index in [0.29, 0.717) is 6.42 Å². The van der Waals surface area contributed by atoms with Crippen LogP contribution in [-0.4, -0.2) is 54.6 Å². The first-order valence-electron chi connectivity index (χ1n) is 9.55. The van der Waals surface area contributed by atoms with E-state index < -0.39 is 0 Å². The first-order chi connectivity index (χ1) is 13.1. The fourth-order valence-corrected chi connectivity index (χ4v) is 3.11. The Balaban J connectivity index is 1.38. The van der Waals surface area contributed by atoms with Gasteiger partial charge in [0.15, 0.2) is 0 Å². The van der Waals surface area contributed by atoms with Crippen LogP contribution in [0.2, 0.25) is 0 Å². The number of anilines is 2. The second-order valence-corrected chi connectivity index (χ2v) is 7.01. The zero-order valence-corrected chi connectivity index (χ0v) is 16.1. The number of carbonyl (C=O) groups is 1. The van der Waals surface area contributed by atoms with Gasteiger partial charge >= 0.3 is 0 Å². The van der Waals surface area contributed by atoms with Gasteiger partial charge in [-0.2, -0.15) is 0 Å². The smallest absolute Gasteiger partial charge is 0.225 e. The van der Waals surface area contributed by atoms with Crippen molar-refractivity contribution in [1.29, 1.82) is 0 Å². The van der Waals surface area contributed by atoms with Gasteiger partial charge in [0.1, 0.15) is 11.6 Å². The monoisotopic (exact) mass is 368 g/mol. The number of hydrogen-bond donors (Lipinski definition) is 1. The molecule has 1 amide bonds. The molecular weight excluding hydrogens is 340 g/mol. The summed E-state index contributed by atoms with van der Waals surface area (Å²) in [5.41, 5.74) is 0.802. The van der Waals surface area contributed by atoms with E-state index in [1.54, 1.807) is 0 Å². The second kappa shape index (κ2) is 9.37. The van der Waals surface area contributed by atoms with E-state index >= 15 is 0 Å². The quantitative estimate of drug-likeness (QED) is 0.814. The molecule has 1 saturated heterocycles. The number of pyridine rings is 1. The van der Waals surface area contributed by atoms with Crippen molar-refractivity contribution in [2.45, 2.75) is 26.4 Å². The molecule has 1 aliphatic heterocycles. The van der Waals surface area contributed by atoms with Gasteiger partial charge in [-0.25, -0.2) is 4.98 Å². The normalized spacial score (nSPS) is 15.0. The van der Waals surface area contributed by atoms with Crippen LogP contribution in [0.5, 0.6) is 5.75 Å². The van der Waals surface area contributed by atoms with Crippen LogP contribution in [-0.2, 0) is 4.79 Å². The highest BCUT2D eigenvalue weighted by atomic mass is 16.5. The number of aromatic nitrogens is 1. The lowest BCUT2D eigenvalue weighted by Gasteiger charge is -2.35. The summed E-state index contributed by atoms with van der Waals surface area (Å²) in [7, 11) is 0. The Kier molecular flexibility index (Phi) is 6.65. The molecular formula is C21H28N4O2. The van der Waals surface area contributed by atoms with Crippen molar-refractivity contribution in [2.24, 2.45) is 0 Å². The van der Waals surface area contributed by atoms with Gasteiger partial charge in [-0.3, -0.25) is 9.69 Å². The van der Waals surface area contributed by atoms with E-state index in [9.17, 15) is 4.79 Å². The predicted molar refractivity (Wildman–Crippen MR) is 108 cm³/mol. The van der Waals surface area contributed by atoms with Crippen molar-refractivity contribution in [3.8, 4) is 5.75 Å². The minimum absolute atomic E-state index is 0.0414. The highest BCUT2D eigenvalue weighted by Crippen LogP contribution is 2.17. The Bertz CT molecular complexity index is 711. The van der Waals surface area contributed by atoms with Gasteiger partial charge in [0, 0.05) is 51.0 Å². The maximum Gasteiger partial charge on any atom is 0.225 e. The molecule has 6 nitrogen and oxygen atoms in total. The number of nitrogens with zero attached hydrogens (tertiary/aromatic N) is 3. The Morgan fingerprint density at radius 2 is 1.85 bits per heavy atom. The van der Waals surface area contributed by atoms with E-state index in [4.69, 9.17) is 4.74 Å². The van der Waals surface area contributed by atoms with Gasteiger partial charge < -0.3 is 15.0 Å². The number of hydrogen-bond acceptors (Lipinski definition) is 5. The van der Waals surface area contributed by atoms with Gasteiger partial charge in [0.2, 0.25) is 5.91 Å². The van der Waals surface area contributed by atoms with Crippen LogP contribution in [0.25, 0.3) is 0 Å². The van der Waals surface area contributed by atoms with E-state index in [0.717, 1.165) is 50.0 Å². The molecule has 3 rings (SSSR count). The van der Waals surface area contributed by atoms with Crippen molar-refractivity contribution in [2.75, 3.05) is 42.9 Å². The predicted octanol–water partition coefficient (Wildman–Crippen LogP) is 3.02. The standard InChI is InChI=1S/C21H28N4O2/c1-17(2)27-19-8-6-18(7-9-19)23-21(26)10-12-24-13-15-25(16-14-24)20-5-3-4-11-22-20/h3-9,11,17H,10,12-16H2,1-2H3,(H,23,26). The Morgan fingerprint density at radius 3 is 2.48 bits per heavy atom. The summed E-state index contributed by atoms with van der Waals surface area (Å²) < 4.78 is 5.61. The molecule has 1 aromatic carbocycles. The molecule has 0 atom stereocenters. The van der Waals surface area contributed by atoms with Crippen LogP contribution in [0, 0.1) is 0 Å². The number of carbonyl (C=O) groups excluding carboxylic acids is 1. The van der Waals surface area contributed by atoms with Crippen molar-refractivity contribution in [3.05, 3.63) is 48.7 Å². The lowest BCUT2D eigenvalue weighted by molar-refractivity contribution is -0.116. The first kappa shape index (κ1) is 19.2. The van der Waals surface area contributed by atoms with Crippen LogP contribution < -0.4 is 15.0 Å². The Labute approximate surface area is 161 Å². The van der Waals surface area contributed by atoms with Crippen LogP contribution in [0.3, 0.4) is 0 Å². The highest BCUT2D eigenvalue weighted by molar-refractivity contribution is 5.90. The molecule has 0 saturated carbocycles. The van der Waals surface area contributed by atoms with Crippen LogP contribution in [0.1, 0.15) is 20.3 Å². The third kappa shape index (κ3) is 5.96. The molecule has 0 radical (unpaired) electrons. The Hall–Kier alpha value is -2.60. The molecule has 0 unspecified atom stereocenters. The van der Waals surface area contributed by atoms with Crippen molar-refractivity contribution in [3.63, 3.8) is 0 Å². The zero-order chi connectivity index (χ0) is 19.1. The maximum absolute atomic E-state index is 12.2. The van der Waals surface area contributed by atoms with E-state index in [2.05, 4.69) is 20.1 Å². The Morgan fingerprint density at radius 1 is 1.11 bits per heavy atom. The van der Waals surface area contributed by atoms with E-state index in [1.807, 2.05) is 62.5 Å². The molecule has 1 N–H and O–H groups in total. The molecule has 27 heavy (non-hydrogen) atoms. The van der Waals surface area contributed by atoms with Crippen molar-refractivity contribution >= 4 is 17.4 Å². The molecule has 0 aliphatic carbocycles. The van der Waals surface area contributed by atoms with E-state index in [-0.39, 0.29) is 12.0 Å². The van der Waals surface area contributed by atoms with Gasteiger partial charge in [-0.1, -0.05) is 6.07 Å². The average molecular weight is 368 g/mol. The number of nitrogens with one attached hydrogen (secondary N) is 1. The van der Waals surface area contributed by atoms with E-state index in [1.165, 1.54) is 0 Å². The second-order valence-electron chi connectivity index (χ2n) is 7.01. The number of ether oxygens (including phenoxy) is 1. The van der Waals surface area contributed by atoms with Gasteiger partial charge in [0.05, 0.1) is 6.10 Å². The summed E-state index contributed by atoms with van der Waals surface area (Å²) in [6.45, 7) is 8.54. The summed E-state index contributed by atoms with van der Waals surface area (Å²) in [4.78, 5) is 21.2. The molecule has 1 aromatic heterocycles. The zero-order valence-electron chi connectivity index (χ0n) is 16.1. The minimum Gasteiger partial charge on any atom is -0.491 e. The largest absolute Gasteiger partial charge is 0.491 e. The number of amides is 1. The lowest BCUT2D eigenvalue weighted by Crippen LogP contribution is -2.47. The number of piperazine rings is 1. The van der Waals surface area contributed by atoms with Crippen LogP contribution >= 0.6 is 0 Å². The van der Waals surface area contributed by atoms with Crippen LogP contribution in [0.4, 0.5) is 11.5 Å². The van der Waals surface area contributed by atoms with Crippen LogP contribution in [0.15, 0.2) is 48.7 Å². The third-order valence-corrected chi connectivity index (χ3v) is 4.51. The molecule has 6 heteroatoms. The summed E-state index contributed by atoms with van der Waals surface area (Å²) in [6, 6.07) is 13.5. The molecule has 144 valence electrons. The fraction of sp³-hybridized carbons (Fsp3) is 0.429. The number of rotatable bonds is 7. The summed E-state index contributed by atoms with van der Waals surface area (Å²) in [6.07, 6.45) is 2.46. The fourth-order valence-electron chi connectivity index (χ4n) is 3.11. The molecule has 0 spiro atoms. The SMILES string of the molecule is CC(C)Oc1ccc(NC(=O)CCN2CCN(c3ccccn3)CC2)cc1. The van der Waals surface area contributed by atoms with Crippen molar-refractivity contribution < 1.29 is 9.53 Å². The summed E-state index contributed by atoms with van der Waals surface area (Å²) in [5.74, 6) is 1.88. The average Bonchev–Trinajstić information content (AvgIpc) is 2.69. The lowest BCUT2D eigenvalue weighted by atomic mass is 10.2. The molecule has 2 heterocycles. The summed E-state index contributed by atoms with van der Waals surface area (Å²) in [5, 5.41) is 2.96. The molecule has 1 aliphatic rings. The van der Waals surface area contributed by atoms with Crippen molar-refractivity contribution in [1.82, 2.24) is 9.88 Å². The number of benzene rings is 1. The molecule has 2 aromatic rings. The van der Waals surface area contributed by atoms with Gasteiger partial charge in [-0.05, 0) is 50.2 Å². The maximum atomic E-state index is 12.2. The summed E-state index contributed by atoms with van der Waals surface area (Å²) >= 11 is 0. The highest BCUT2D eigenvalue weighted by Gasteiger charge is 2.18. The van der Waals surface area contributed by atoms with Gasteiger partial charge in [0.25, 0.3) is 0 Å². The molecule has 0 bridgehead atoms. The molecule has 1 fully saturated rings. The first-order valence-corrected chi connectivity index (χ1v) is 9.55. The third-order valence-electron chi connectivity index (χ3n) is 4.51. The van der Waals surface area contributed by atoms with Gasteiger partial charge in [-0.15, -0.1) is 0 Å². The topological polar surface area (TPSA) is 57.7 Å². The minimum atomic E-state index is 0.0414.